The first-order valence-corrected chi connectivity index (χ1v) is 15.9. The van der Waals surface area contributed by atoms with Crippen LogP contribution >= 0.6 is 0 Å². The number of piperazine rings is 1. The van der Waals surface area contributed by atoms with Crippen molar-refractivity contribution in [2.24, 2.45) is 13.0 Å². The lowest BCUT2D eigenvalue weighted by atomic mass is 10.00. The number of amides is 2. The summed E-state index contributed by atoms with van der Waals surface area (Å²) in [5.41, 5.74) is 6.17. The summed E-state index contributed by atoms with van der Waals surface area (Å²) in [6.07, 6.45) is 4.74. The molecule has 9 heteroatoms. The van der Waals surface area contributed by atoms with Crippen molar-refractivity contribution in [3.63, 3.8) is 0 Å². The molecule has 44 heavy (non-hydrogen) atoms. The van der Waals surface area contributed by atoms with Gasteiger partial charge >= 0.3 is 0 Å². The third-order valence-corrected chi connectivity index (χ3v) is 9.28. The second kappa shape index (κ2) is 13.0. The smallest absolute Gasteiger partial charge is 0.270 e. The van der Waals surface area contributed by atoms with Crippen LogP contribution in [-0.4, -0.2) is 92.3 Å². The Kier molecular flexibility index (Phi) is 8.96. The van der Waals surface area contributed by atoms with Gasteiger partial charge in [-0.1, -0.05) is 6.07 Å². The van der Waals surface area contributed by atoms with E-state index in [1.165, 1.54) is 19.4 Å². The van der Waals surface area contributed by atoms with Crippen molar-refractivity contribution in [2.45, 2.75) is 32.7 Å². The molecule has 3 aliphatic rings. The molecule has 1 unspecified atom stereocenters. The molecule has 0 bridgehead atoms. The molecule has 1 atom stereocenters. The first kappa shape index (κ1) is 30.2. The Labute approximate surface area is 260 Å². The second-order valence-corrected chi connectivity index (χ2v) is 12.5. The molecule has 0 radical (unpaired) electrons. The van der Waals surface area contributed by atoms with Crippen molar-refractivity contribution >= 4 is 17.5 Å². The van der Waals surface area contributed by atoms with Crippen molar-refractivity contribution in [1.29, 1.82) is 0 Å². The van der Waals surface area contributed by atoms with Gasteiger partial charge in [-0.15, -0.1) is 0 Å². The maximum Gasteiger partial charge on any atom is 0.270 e. The predicted molar refractivity (Wildman–Crippen MR) is 173 cm³/mol. The van der Waals surface area contributed by atoms with Gasteiger partial charge in [0.15, 0.2) is 0 Å². The molecule has 3 fully saturated rings. The quantitative estimate of drug-likeness (QED) is 0.390. The largest absolute Gasteiger partial charge is 0.497 e. The van der Waals surface area contributed by atoms with Crippen molar-refractivity contribution < 1.29 is 19.1 Å². The number of methoxy groups -OCH3 is 1. The van der Waals surface area contributed by atoms with Gasteiger partial charge in [-0.3, -0.25) is 14.5 Å². The molecular formula is C35H45N5O4. The number of nitrogens with zero attached hydrogens (tertiary/aromatic N) is 4. The van der Waals surface area contributed by atoms with Gasteiger partial charge in [0.25, 0.3) is 11.8 Å². The van der Waals surface area contributed by atoms with Gasteiger partial charge < -0.3 is 29.2 Å². The Morgan fingerprint density at radius 2 is 1.73 bits per heavy atom. The molecule has 2 amide bonds. The minimum absolute atomic E-state index is 0.00328. The van der Waals surface area contributed by atoms with E-state index < -0.39 is 0 Å². The first-order chi connectivity index (χ1) is 21.3. The Balaban J connectivity index is 1.16. The monoisotopic (exact) mass is 599 g/mol. The molecule has 9 nitrogen and oxygen atoms in total. The lowest BCUT2D eigenvalue weighted by Gasteiger charge is -2.36. The number of carbonyl (C=O) groups is 2. The van der Waals surface area contributed by atoms with Crippen molar-refractivity contribution in [1.82, 2.24) is 19.7 Å². The van der Waals surface area contributed by atoms with E-state index >= 15 is 0 Å². The van der Waals surface area contributed by atoms with E-state index in [0.29, 0.717) is 43.3 Å². The lowest BCUT2D eigenvalue weighted by molar-refractivity contribution is 0.0296. The van der Waals surface area contributed by atoms with E-state index in [4.69, 9.17) is 9.47 Å². The molecule has 1 aromatic heterocycles. The third kappa shape index (κ3) is 6.79. The zero-order valence-electron chi connectivity index (χ0n) is 26.5. The fourth-order valence-electron chi connectivity index (χ4n) is 6.28. The standard InChI is InChI=1S/C35H45N5O4/c1-24-5-8-30(39-11-9-38(10-12-39)22-26-6-7-26)21-32(24)34(41)36-25(2)27-17-28(19-31(18-27)43-4)29-20-33(37(3)23-29)35(42)40-13-15-44-16-14-40/h5,8,17-21,23,25-26H,6-7,9-16,22H2,1-4H3,(H,36,41). The number of hydrogen-bond acceptors (Lipinski definition) is 6. The Morgan fingerprint density at radius 1 is 0.977 bits per heavy atom. The van der Waals surface area contributed by atoms with Gasteiger partial charge in [0.05, 0.1) is 26.4 Å². The van der Waals surface area contributed by atoms with Crippen molar-refractivity contribution in [2.75, 3.05) is 71.0 Å². The van der Waals surface area contributed by atoms with E-state index in [-0.39, 0.29) is 17.9 Å². The van der Waals surface area contributed by atoms with Crippen LogP contribution in [0.4, 0.5) is 5.69 Å². The summed E-state index contributed by atoms with van der Waals surface area (Å²) in [4.78, 5) is 33.6. The summed E-state index contributed by atoms with van der Waals surface area (Å²) >= 11 is 0. The van der Waals surface area contributed by atoms with Crippen LogP contribution in [0.15, 0.2) is 48.7 Å². The minimum Gasteiger partial charge on any atom is -0.497 e. The highest BCUT2D eigenvalue weighted by Gasteiger charge is 2.27. The fraction of sp³-hybridized carbons (Fsp3) is 0.486. The number of aromatic nitrogens is 1. The first-order valence-electron chi connectivity index (χ1n) is 15.9. The van der Waals surface area contributed by atoms with E-state index in [1.54, 1.807) is 7.11 Å². The maximum absolute atomic E-state index is 13.6. The van der Waals surface area contributed by atoms with Gasteiger partial charge in [0, 0.05) is 75.9 Å². The molecule has 2 aromatic carbocycles. The van der Waals surface area contributed by atoms with Crippen LogP contribution in [0.25, 0.3) is 11.1 Å². The van der Waals surface area contributed by atoms with Gasteiger partial charge in [-0.25, -0.2) is 0 Å². The molecule has 6 rings (SSSR count). The summed E-state index contributed by atoms with van der Waals surface area (Å²) in [5.74, 6) is 1.52. The van der Waals surface area contributed by atoms with Crippen LogP contribution in [0.5, 0.6) is 5.75 Å². The number of carbonyl (C=O) groups excluding carboxylic acids is 2. The fourth-order valence-corrected chi connectivity index (χ4v) is 6.28. The van der Waals surface area contributed by atoms with Crippen LogP contribution in [0.2, 0.25) is 0 Å². The number of morpholine rings is 1. The number of rotatable bonds is 9. The molecule has 234 valence electrons. The van der Waals surface area contributed by atoms with Gasteiger partial charge in [0.2, 0.25) is 0 Å². The minimum atomic E-state index is -0.261. The van der Waals surface area contributed by atoms with Crippen molar-refractivity contribution in [3.05, 3.63) is 71.0 Å². The predicted octanol–water partition coefficient (Wildman–Crippen LogP) is 4.50. The number of nitrogens with one attached hydrogen (secondary N) is 1. The number of aryl methyl sites for hydroxylation is 2. The molecule has 3 aromatic rings. The summed E-state index contributed by atoms with van der Waals surface area (Å²) in [5, 5.41) is 3.23. The SMILES string of the molecule is COc1cc(-c2cc(C(=O)N3CCOCC3)n(C)c2)cc(C(C)NC(=O)c2cc(N3CCN(CC4CC4)CC3)ccc2C)c1. The van der Waals surface area contributed by atoms with Gasteiger partial charge in [-0.05, 0) is 85.7 Å². The third-order valence-electron chi connectivity index (χ3n) is 9.28. The summed E-state index contributed by atoms with van der Waals surface area (Å²) in [6, 6.07) is 13.9. The Bertz CT molecular complexity index is 1500. The van der Waals surface area contributed by atoms with Crippen LogP contribution < -0.4 is 15.0 Å². The van der Waals surface area contributed by atoms with Crippen LogP contribution in [0.3, 0.4) is 0 Å². The number of anilines is 1. The zero-order valence-corrected chi connectivity index (χ0v) is 26.5. The zero-order chi connectivity index (χ0) is 30.8. The Morgan fingerprint density at radius 3 is 2.43 bits per heavy atom. The van der Waals surface area contributed by atoms with E-state index in [2.05, 4.69) is 33.3 Å². The van der Waals surface area contributed by atoms with Gasteiger partial charge in [0.1, 0.15) is 11.4 Å². The molecule has 1 aliphatic carbocycles. The summed E-state index contributed by atoms with van der Waals surface area (Å²) < 4.78 is 12.9. The highest BCUT2D eigenvalue weighted by molar-refractivity contribution is 5.97. The maximum atomic E-state index is 13.6. The van der Waals surface area contributed by atoms with Gasteiger partial charge in [-0.2, -0.15) is 0 Å². The second-order valence-electron chi connectivity index (χ2n) is 12.5. The molecule has 3 heterocycles. The number of hydrogen-bond donors (Lipinski definition) is 1. The average molecular weight is 600 g/mol. The lowest BCUT2D eigenvalue weighted by Crippen LogP contribution is -2.47. The molecule has 2 saturated heterocycles. The average Bonchev–Trinajstić information content (AvgIpc) is 3.78. The van der Waals surface area contributed by atoms with Crippen molar-refractivity contribution in [3.8, 4) is 16.9 Å². The number of benzene rings is 2. The Hall–Kier alpha value is -3.82. The highest BCUT2D eigenvalue weighted by atomic mass is 16.5. The molecule has 1 saturated carbocycles. The van der Waals surface area contributed by atoms with Crippen LogP contribution in [0, 0.1) is 12.8 Å². The molecule has 0 spiro atoms. The molecule has 2 aliphatic heterocycles. The topological polar surface area (TPSA) is 79.3 Å². The molecular weight excluding hydrogens is 554 g/mol. The summed E-state index contributed by atoms with van der Waals surface area (Å²) in [7, 11) is 3.54. The molecule has 1 N–H and O–H groups in total. The number of ether oxygens (including phenoxy) is 2. The van der Waals surface area contributed by atoms with E-state index in [0.717, 1.165) is 60.0 Å². The van der Waals surface area contributed by atoms with E-state index in [1.807, 2.05) is 60.8 Å². The normalized spacial score (nSPS) is 18.3. The van der Waals surface area contributed by atoms with E-state index in [9.17, 15) is 9.59 Å². The van der Waals surface area contributed by atoms with Crippen LogP contribution in [0.1, 0.15) is 57.8 Å². The van der Waals surface area contributed by atoms with Crippen LogP contribution in [-0.2, 0) is 11.8 Å². The summed E-state index contributed by atoms with van der Waals surface area (Å²) in [6.45, 7) is 11.7. The highest BCUT2D eigenvalue weighted by Crippen LogP contribution is 2.32.